The molecule has 0 heterocycles. The van der Waals surface area contributed by atoms with E-state index >= 15 is 0 Å². The second-order valence-corrected chi connectivity index (χ2v) is 4.23. The molecule has 0 aromatic heterocycles. The lowest BCUT2D eigenvalue weighted by atomic mass is 10.2. The van der Waals surface area contributed by atoms with Crippen LogP contribution < -0.4 is 0 Å². The van der Waals surface area contributed by atoms with E-state index in [1.807, 2.05) is 0 Å². The number of aromatic carboxylic acids is 1. The molecule has 0 aliphatic heterocycles. The van der Waals surface area contributed by atoms with Gasteiger partial charge in [0.1, 0.15) is 5.82 Å². The predicted octanol–water partition coefficient (Wildman–Crippen LogP) is 3.15. The Bertz CT molecular complexity index is 434. The van der Waals surface area contributed by atoms with Gasteiger partial charge in [0.15, 0.2) is 0 Å². The molecule has 0 bridgehead atoms. The van der Waals surface area contributed by atoms with Crippen molar-refractivity contribution in [3.63, 3.8) is 0 Å². The van der Waals surface area contributed by atoms with E-state index in [-0.39, 0.29) is 16.2 Å². The molecule has 0 aliphatic carbocycles. The SMILES string of the molecule is O=C(O)c1ccc(F)c(SCCOC(F)(F)F)c1. The molecular formula is C10H8F4O3S. The zero-order valence-electron chi connectivity index (χ0n) is 8.83. The first-order valence-corrected chi connectivity index (χ1v) is 5.64. The summed E-state index contributed by atoms with van der Waals surface area (Å²) in [6.45, 7) is -0.634. The van der Waals surface area contributed by atoms with Gasteiger partial charge in [0.2, 0.25) is 0 Å². The molecule has 8 heteroatoms. The minimum atomic E-state index is -4.72. The van der Waals surface area contributed by atoms with Gasteiger partial charge >= 0.3 is 12.3 Å². The molecule has 1 N–H and O–H groups in total. The number of rotatable bonds is 5. The van der Waals surface area contributed by atoms with Crippen molar-refractivity contribution in [3.05, 3.63) is 29.6 Å². The van der Waals surface area contributed by atoms with Crippen molar-refractivity contribution in [3.8, 4) is 0 Å². The van der Waals surface area contributed by atoms with Gasteiger partial charge in [0, 0.05) is 10.6 Å². The Morgan fingerprint density at radius 2 is 2.06 bits per heavy atom. The molecule has 1 rings (SSSR count). The zero-order chi connectivity index (χ0) is 13.8. The van der Waals surface area contributed by atoms with Gasteiger partial charge in [-0.05, 0) is 18.2 Å². The summed E-state index contributed by atoms with van der Waals surface area (Å²) in [4.78, 5) is 10.6. The summed E-state index contributed by atoms with van der Waals surface area (Å²) in [6, 6.07) is 3.10. The molecule has 1 aromatic rings. The third kappa shape index (κ3) is 4.92. The summed E-state index contributed by atoms with van der Waals surface area (Å²) in [5.74, 6) is -2.06. The lowest BCUT2D eigenvalue weighted by Crippen LogP contribution is -2.15. The molecule has 0 amide bonds. The molecule has 18 heavy (non-hydrogen) atoms. The Labute approximate surface area is 104 Å². The summed E-state index contributed by atoms with van der Waals surface area (Å²) in [6.07, 6.45) is -4.72. The molecule has 0 spiro atoms. The predicted molar refractivity (Wildman–Crippen MR) is 56.1 cm³/mol. The second kappa shape index (κ2) is 6.05. The van der Waals surface area contributed by atoms with Crippen LogP contribution in [0.25, 0.3) is 0 Å². The van der Waals surface area contributed by atoms with Gasteiger partial charge in [-0.1, -0.05) is 0 Å². The monoisotopic (exact) mass is 284 g/mol. The van der Waals surface area contributed by atoms with Crippen molar-refractivity contribution in [2.45, 2.75) is 11.3 Å². The Morgan fingerprint density at radius 3 is 2.61 bits per heavy atom. The van der Waals surface area contributed by atoms with Crippen LogP contribution in [0.1, 0.15) is 10.4 Å². The number of benzene rings is 1. The standard InChI is InChI=1S/C10H8F4O3S/c11-7-2-1-6(9(15)16)5-8(7)18-4-3-17-10(12,13)14/h1-2,5H,3-4H2,(H,15,16). The third-order valence-corrected chi connectivity index (χ3v) is 2.78. The van der Waals surface area contributed by atoms with Crippen molar-refractivity contribution in [1.29, 1.82) is 0 Å². The number of alkyl halides is 3. The van der Waals surface area contributed by atoms with Crippen LogP contribution in [-0.4, -0.2) is 29.8 Å². The fourth-order valence-electron chi connectivity index (χ4n) is 1.06. The van der Waals surface area contributed by atoms with E-state index in [0.717, 1.165) is 30.0 Å². The van der Waals surface area contributed by atoms with E-state index in [2.05, 4.69) is 4.74 Å². The van der Waals surface area contributed by atoms with E-state index in [1.54, 1.807) is 0 Å². The third-order valence-electron chi connectivity index (χ3n) is 1.78. The minimum Gasteiger partial charge on any atom is -0.478 e. The van der Waals surface area contributed by atoms with Crippen molar-refractivity contribution >= 4 is 17.7 Å². The lowest BCUT2D eigenvalue weighted by Gasteiger charge is -2.07. The average Bonchev–Trinajstić information content (AvgIpc) is 2.24. The van der Waals surface area contributed by atoms with Crippen LogP contribution in [0, 0.1) is 5.82 Å². The van der Waals surface area contributed by atoms with Gasteiger partial charge in [0.05, 0.1) is 12.2 Å². The number of ether oxygens (including phenoxy) is 1. The lowest BCUT2D eigenvalue weighted by molar-refractivity contribution is -0.322. The van der Waals surface area contributed by atoms with E-state index < -0.39 is 24.8 Å². The van der Waals surface area contributed by atoms with Crippen LogP contribution in [0.5, 0.6) is 0 Å². The molecule has 0 radical (unpaired) electrons. The first kappa shape index (κ1) is 14.8. The minimum absolute atomic E-state index is 0.0272. The molecule has 100 valence electrons. The highest BCUT2D eigenvalue weighted by molar-refractivity contribution is 7.99. The van der Waals surface area contributed by atoms with Gasteiger partial charge in [-0.25, -0.2) is 9.18 Å². The quantitative estimate of drug-likeness (QED) is 0.512. The average molecular weight is 284 g/mol. The molecular weight excluding hydrogens is 276 g/mol. The van der Waals surface area contributed by atoms with E-state index in [4.69, 9.17) is 5.11 Å². The molecule has 0 aliphatic rings. The normalized spacial score (nSPS) is 11.6. The Balaban J connectivity index is 2.56. The maximum Gasteiger partial charge on any atom is 0.522 e. The van der Waals surface area contributed by atoms with Crippen molar-refractivity contribution in [2.75, 3.05) is 12.4 Å². The largest absolute Gasteiger partial charge is 0.522 e. The van der Waals surface area contributed by atoms with Gasteiger partial charge in [0.25, 0.3) is 0 Å². The smallest absolute Gasteiger partial charge is 0.478 e. The number of carbonyl (C=O) groups is 1. The Morgan fingerprint density at radius 1 is 1.39 bits per heavy atom. The maximum atomic E-state index is 13.2. The van der Waals surface area contributed by atoms with E-state index in [0.29, 0.717) is 0 Å². The zero-order valence-corrected chi connectivity index (χ0v) is 9.65. The fourth-order valence-corrected chi connectivity index (χ4v) is 1.86. The number of carboxylic acids is 1. The van der Waals surface area contributed by atoms with E-state index in [9.17, 15) is 22.4 Å². The van der Waals surface area contributed by atoms with Gasteiger partial charge < -0.3 is 5.11 Å². The van der Waals surface area contributed by atoms with Crippen molar-refractivity contribution in [1.82, 2.24) is 0 Å². The van der Waals surface area contributed by atoms with Crippen molar-refractivity contribution < 1.29 is 32.2 Å². The van der Waals surface area contributed by atoms with Gasteiger partial charge in [-0.2, -0.15) is 0 Å². The summed E-state index contributed by atoms with van der Waals surface area (Å²) < 4.78 is 51.7. The molecule has 0 unspecified atom stereocenters. The number of thioether (sulfide) groups is 1. The molecule has 0 saturated carbocycles. The number of carboxylic acid groups (broad SMARTS) is 1. The summed E-state index contributed by atoms with van der Waals surface area (Å²) in [7, 11) is 0. The highest BCUT2D eigenvalue weighted by Crippen LogP contribution is 2.24. The van der Waals surface area contributed by atoms with Gasteiger partial charge in [-0.15, -0.1) is 24.9 Å². The molecule has 0 fully saturated rings. The second-order valence-electron chi connectivity index (χ2n) is 3.09. The first-order valence-electron chi connectivity index (χ1n) is 4.66. The summed E-state index contributed by atoms with van der Waals surface area (Å²) >= 11 is 0.756. The first-order chi connectivity index (χ1) is 8.29. The van der Waals surface area contributed by atoms with Crippen LogP contribution in [-0.2, 0) is 4.74 Å². The molecule has 3 nitrogen and oxygen atoms in total. The van der Waals surface area contributed by atoms with Crippen molar-refractivity contribution in [2.24, 2.45) is 0 Å². The van der Waals surface area contributed by atoms with Crippen LogP contribution in [0.3, 0.4) is 0 Å². The topological polar surface area (TPSA) is 46.5 Å². The highest BCUT2D eigenvalue weighted by atomic mass is 32.2. The van der Waals surface area contributed by atoms with Crippen LogP contribution in [0.4, 0.5) is 17.6 Å². The van der Waals surface area contributed by atoms with Gasteiger partial charge in [-0.3, -0.25) is 4.74 Å². The fraction of sp³-hybridized carbons (Fsp3) is 0.300. The van der Waals surface area contributed by atoms with Crippen LogP contribution in [0.15, 0.2) is 23.1 Å². The summed E-state index contributed by atoms with van der Waals surface area (Å²) in [5.41, 5.74) is -0.129. The number of hydrogen-bond donors (Lipinski definition) is 1. The molecule has 1 aromatic carbocycles. The van der Waals surface area contributed by atoms with E-state index in [1.165, 1.54) is 0 Å². The highest BCUT2D eigenvalue weighted by Gasteiger charge is 2.28. The summed E-state index contributed by atoms with van der Waals surface area (Å²) in [5, 5.41) is 8.67. The Hall–Kier alpha value is -1.28. The molecule has 0 saturated heterocycles. The van der Waals surface area contributed by atoms with Crippen LogP contribution >= 0.6 is 11.8 Å². The number of halogens is 4. The maximum absolute atomic E-state index is 13.2. The number of hydrogen-bond acceptors (Lipinski definition) is 3. The van der Waals surface area contributed by atoms with Crippen LogP contribution in [0.2, 0.25) is 0 Å². The molecule has 0 atom stereocenters. The Kier molecular flexibility index (Phi) is 4.97.